The van der Waals surface area contributed by atoms with Crippen molar-refractivity contribution in [1.82, 2.24) is 9.47 Å². The minimum absolute atomic E-state index is 0.0603. The highest BCUT2D eigenvalue weighted by atomic mass is 19.1. The Balaban J connectivity index is 1.68. The number of halogens is 1. The van der Waals surface area contributed by atoms with E-state index in [4.69, 9.17) is 16.9 Å². The summed E-state index contributed by atoms with van der Waals surface area (Å²) in [6.45, 7) is 1.15. The molecular formula is C24H27FN6O2. The van der Waals surface area contributed by atoms with Gasteiger partial charge in [-0.3, -0.25) is 15.0 Å². The van der Waals surface area contributed by atoms with Crippen LogP contribution in [0.1, 0.15) is 34.5 Å². The summed E-state index contributed by atoms with van der Waals surface area (Å²) in [6.07, 6.45) is -0.409. The molecule has 1 aliphatic heterocycles. The van der Waals surface area contributed by atoms with Gasteiger partial charge in [0.1, 0.15) is 17.7 Å². The van der Waals surface area contributed by atoms with Crippen molar-refractivity contribution in [2.75, 3.05) is 25.0 Å². The predicted molar refractivity (Wildman–Crippen MR) is 126 cm³/mol. The van der Waals surface area contributed by atoms with Gasteiger partial charge in [-0.25, -0.2) is 4.39 Å². The van der Waals surface area contributed by atoms with Crippen molar-refractivity contribution in [3.05, 3.63) is 65.4 Å². The molecular weight excluding hydrogens is 423 g/mol. The van der Waals surface area contributed by atoms with E-state index in [-0.39, 0.29) is 37.2 Å². The number of nitrogens with two attached hydrogens (primary N) is 2. The van der Waals surface area contributed by atoms with Crippen LogP contribution in [0, 0.1) is 5.41 Å². The number of nitrogen functional groups attached to an aromatic ring is 1. The number of rotatable bonds is 7. The van der Waals surface area contributed by atoms with E-state index in [1.54, 1.807) is 30.3 Å². The minimum Gasteiger partial charge on any atom is -0.384 e. The maximum Gasteiger partial charge on any atom is 0.270 e. The van der Waals surface area contributed by atoms with Gasteiger partial charge in [-0.1, -0.05) is 24.3 Å². The van der Waals surface area contributed by atoms with Crippen molar-refractivity contribution >= 4 is 34.2 Å². The average Bonchev–Trinajstić information content (AvgIpc) is 3.38. The summed E-state index contributed by atoms with van der Waals surface area (Å²) in [5.74, 6) is -0.431. The van der Waals surface area contributed by atoms with Crippen LogP contribution in [0.25, 0.3) is 10.9 Å². The Hall–Kier alpha value is -3.72. The summed E-state index contributed by atoms with van der Waals surface area (Å²) in [5.41, 5.74) is 14.5. The first-order valence-electron chi connectivity index (χ1n) is 10.9. The molecule has 1 fully saturated rings. The molecule has 9 heteroatoms. The van der Waals surface area contributed by atoms with Crippen LogP contribution in [-0.4, -0.2) is 52.9 Å². The highest BCUT2D eigenvalue weighted by Crippen LogP contribution is 2.26. The van der Waals surface area contributed by atoms with Crippen LogP contribution in [0.2, 0.25) is 0 Å². The second kappa shape index (κ2) is 9.41. The fourth-order valence-corrected chi connectivity index (χ4v) is 4.06. The lowest BCUT2D eigenvalue weighted by Crippen LogP contribution is -2.30. The molecule has 1 aliphatic rings. The Morgan fingerprint density at radius 3 is 2.55 bits per heavy atom. The summed E-state index contributed by atoms with van der Waals surface area (Å²) >= 11 is 0. The number of nitrogens with zero attached hydrogens (tertiary/aromatic N) is 2. The van der Waals surface area contributed by atoms with E-state index in [1.807, 2.05) is 22.8 Å². The zero-order valence-corrected chi connectivity index (χ0v) is 18.2. The lowest BCUT2D eigenvalue weighted by atomic mass is 10.1. The number of hydrogen-bond acceptors (Lipinski definition) is 4. The Bertz CT molecular complexity index is 1200. The number of anilines is 1. The first kappa shape index (κ1) is 22.5. The molecule has 4 rings (SSSR count). The van der Waals surface area contributed by atoms with Gasteiger partial charge >= 0.3 is 0 Å². The lowest BCUT2D eigenvalue weighted by Gasteiger charge is -2.18. The van der Waals surface area contributed by atoms with E-state index in [0.29, 0.717) is 36.5 Å². The Morgan fingerprint density at radius 2 is 1.91 bits per heavy atom. The van der Waals surface area contributed by atoms with Gasteiger partial charge in [-0.2, -0.15) is 0 Å². The number of fused-ring (bicyclic) bond motifs is 1. The molecule has 0 saturated carbocycles. The van der Waals surface area contributed by atoms with Crippen LogP contribution in [0.15, 0.2) is 48.5 Å². The summed E-state index contributed by atoms with van der Waals surface area (Å²) in [7, 11) is 0. The molecule has 1 atom stereocenters. The predicted octanol–water partition coefficient (Wildman–Crippen LogP) is 2.44. The normalized spacial score (nSPS) is 15.7. The molecule has 33 heavy (non-hydrogen) atoms. The number of carbonyl (C=O) groups excluding carboxylic acids is 2. The second-order valence-electron chi connectivity index (χ2n) is 8.22. The molecule has 2 aromatic carbocycles. The standard InChI is InChI=1S/C24H27FN6O2/c25-18-8-10-30(14-18)24(33)21-11-16-3-4-17(23(27)28)12-20(16)31(21)13-15-1-5-19(6-2-15)29-22(32)7-9-26/h1-6,11-12,18H,7-10,13-14,26H2,(H3,27,28)(H,29,32)/t18-/m0/s1. The third-order valence-electron chi connectivity index (χ3n) is 5.80. The first-order valence-corrected chi connectivity index (χ1v) is 10.9. The van der Waals surface area contributed by atoms with Gasteiger partial charge in [-0.15, -0.1) is 0 Å². The Kier molecular flexibility index (Phi) is 6.41. The molecule has 0 spiro atoms. The fourth-order valence-electron chi connectivity index (χ4n) is 4.06. The summed E-state index contributed by atoms with van der Waals surface area (Å²) < 4.78 is 15.6. The Morgan fingerprint density at radius 1 is 1.15 bits per heavy atom. The summed E-state index contributed by atoms with van der Waals surface area (Å²) in [4.78, 5) is 26.5. The number of carbonyl (C=O) groups is 2. The zero-order chi connectivity index (χ0) is 23.5. The molecule has 1 saturated heterocycles. The van der Waals surface area contributed by atoms with E-state index in [1.165, 1.54) is 4.90 Å². The second-order valence-corrected chi connectivity index (χ2v) is 8.22. The monoisotopic (exact) mass is 450 g/mol. The third-order valence-corrected chi connectivity index (χ3v) is 5.80. The number of alkyl halides is 1. The molecule has 8 nitrogen and oxygen atoms in total. The van der Waals surface area contributed by atoms with Crippen LogP contribution < -0.4 is 16.8 Å². The summed E-state index contributed by atoms with van der Waals surface area (Å²) in [6, 6.07) is 14.5. The van der Waals surface area contributed by atoms with Gasteiger partial charge in [0.2, 0.25) is 5.91 Å². The van der Waals surface area contributed by atoms with Crippen molar-refractivity contribution in [2.45, 2.75) is 25.6 Å². The van der Waals surface area contributed by atoms with E-state index >= 15 is 0 Å². The molecule has 0 bridgehead atoms. The van der Waals surface area contributed by atoms with Crippen molar-refractivity contribution in [2.24, 2.45) is 11.5 Å². The van der Waals surface area contributed by atoms with Gasteiger partial charge in [0.05, 0.1) is 6.54 Å². The smallest absolute Gasteiger partial charge is 0.270 e. The van der Waals surface area contributed by atoms with Gasteiger partial charge in [0, 0.05) is 48.2 Å². The van der Waals surface area contributed by atoms with Crippen LogP contribution >= 0.6 is 0 Å². The Labute approximate surface area is 190 Å². The van der Waals surface area contributed by atoms with Crippen LogP contribution in [0.4, 0.5) is 10.1 Å². The highest BCUT2D eigenvalue weighted by molar-refractivity contribution is 6.02. The van der Waals surface area contributed by atoms with Gasteiger partial charge in [-0.05, 0) is 36.2 Å². The third kappa shape index (κ3) is 4.88. The van der Waals surface area contributed by atoms with E-state index in [2.05, 4.69) is 5.32 Å². The maximum absolute atomic E-state index is 13.7. The SMILES string of the molecule is N=C(N)c1ccc2cc(C(=O)N3CC[C@H](F)C3)n(Cc3ccc(NC(=O)CCN)cc3)c2c1. The number of amides is 2. The quantitative estimate of drug-likeness (QED) is 0.325. The van der Waals surface area contributed by atoms with Gasteiger partial charge in [0.25, 0.3) is 5.91 Å². The lowest BCUT2D eigenvalue weighted by molar-refractivity contribution is -0.116. The van der Waals surface area contributed by atoms with E-state index in [0.717, 1.165) is 16.5 Å². The number of aromatic nitrogens is 1. The largest absolute Gasteiger partial charge is 0.384 e. The minimum atomic E-state index is -1.00. The number of hydrogen-bond donors (Lipinski definition) is 4. The molecule has 3 aromatic rings. The maximum atomic E-state index is 13.7. The molecule has 172 valence electrons. The van der Waals surface area contributed by atoms with E-state index in [9.17, 15) is 14.0 Å². The number of likely N-dealkylation sites (tertiary alicyclic amines) is 1. The van der Waals surface area contributed by atoms with Gasteiger partial charge < -0.3 is 26.3 Å². The highest BCUT2D eigenvalue weighted by Gasteiger charge is 2.29. The van der Waals surface area contributed by atoms with Crippen molar-refractivity contribution in [3.63, 3.8) is 0 Å². The molecule has 1 aromatic heterocycles. The van der Waals surface area contributed by atoms with E-state index < -0.39 is 6.17 Å². The van der Waals surface area contributed by atoms with Crippen molar-refractivity contribution < 1.29 is 14.0 Å². The zero-order valence-electron chi connectivity index (χ0n) is 18.2. The molecule has 2 heterocycles. The van der Waals surface area contributed by atoms with Crippen LogP contribution in [0.5, 0.6) is 0 Å². The molecule has 6 N–H and O–H groups in total. The number of benzene rings is 2. The van der Waals surface area contributed by atoms with Gasteiger partial charge in [0.15, 0.2) is 0 Å². The molecule has 0 radical (unpaired) electrons. The molecule has 0 unspecified atom stereocenters. The summed E-state index contributed by atoms with van der Waals surface area (Å²) in [5, 5.41) is 11.4. The fraction of sp³-hybridized carbons (Fsp3) is 0.292. The molecule has 2 amide bonds. The topological polar surface area (TPSA) is 130 Å². The average molecular weight is 451 g/mol. The molecule has 0 aliphatic carbocycles. The van der Waals surface area contributed by atoms with Crippen molar-refractivity contribution in [1.29, 1.82) is 5.41 Å². The van der Waals surface area contributed by atoms with Crippen molar-refractivity contribution in [3.8, 4) is 0 Å². The van der Waals surface area contributed by atoms with Crippen LogP contribution in [0.3, 0.4) is 0 Å². The number of amidine groups is 1. The number of nitrogens with one attached hydrogen (secondary N) is 2. The van der Waals surface area contributed by atoms with Crippen LogP contribution in [-0.2, 0) is 11.3 Å². The first-order chi connectivity index (χ1) is 15.9.